The summed E-state index contributed by atoms with van der Waals surface area (Å²) in [5.41, 5.74) is 1.90. The molecule has 0 aliphatic heterocycles. The average Bonchev–Trinajstić information content (AvgIpc) is 2.84. The second-order valence-corrected chi connectivity index (χ2v) is 9.44. The molecule has 2 N–H and O–H groups in total. The van der Waals surface area contributed by atoms with Crippen molar-refractivity contribution in [3.8, 4) is 5.75 Å². The Balaban J connectivity index is 1.62. The van der Waals surface area contributed by atoms with E-state index in [0.29, 0.717) is 16.5 Å². The summed E-state index contributed by atoms with van der Waals surface area (Å²) in [4.78, 5) is 24.6. The molecule has 1 amide bonds. The van der Waals surface area contributed by atoms with Gasteiger partial charge in [0.05, 0.1) is 23.3 Å². The smallest absolute Gasteiger partial charge is 0.338 e. The molecule has 0 heterocycles. The molecule has 3 rings (SSSR count). The van der Waals surface area contributed by atoms with E-state index in [0.717, 1.165) is 11.1 Å². The van der Waals surface area contributed by atoms with Crippen molar-refractivity contribution in [1.29, 1.82) is 0 Å². The molecule has 3 aromatic rings. The topological polar surface area (TPSA) is 111 Å². The standard InChI is InChI=1S/C24H23ClN2O6S/c1-16-11-21(22(32-2)13-20(16)25)27-23(28)15-33-24(29)18-9-6-10-19(12-18)34(30,31)26-14-17-7-4-3-5-8-17/h3-13,26H,14-15H2,1-2H3,(H,27,28). The number of hydrogen-bond donors (Lipinski definition) is 2. The number of rotatable bonds is 9. The lowest BCUT2D eigenvalue weighted by Gasteiger charge is -2.12. The Hall–Kier alpha value is -3.40. The lowest BCUT2D eigenvalue weighted by Crippen LogP contribution is -2.24. The van der Waals surface area contributed by atoms with Crippen LogP contribution in [0, 0.1) is 6.92 Å². The third-order valence-corrected chi connectivity index (χ3v) is 6.58. The Morgan fingerprint density at radius 3 is 2.44 bits per heavy atom. The van der Waals surface area contributed by atoms with Crippen molar-refractivity contribution in [3.63, 3.8) is 0 Å². The monoisotopic (exact) mass is 502 g/mol. The zero-order valence-electron chi connectivity index (χ0n) is 18.5. The summed E-state index contributed by atoms with van der Waals surface area (Å²) in [7, 11) is -2.43. The summed E-state index contributed by atoms with van der Waals surface area (Å²) >= 11 is 6.06. The molecule has 10 heteroatoms. The van der Waals surface area contributed by atoms with Gasteiger partial charge in [0.2, 0.25) is 10.0 Å². The van der Waals surface area contributed by atoms with Crippen LogP contribution < -0.4 is 14.8 Å². The van der Waals surface area contributed by atoms with E-state index in [9.17, 15) is 18.0 Å². The number of amides is 1. The fraction of sp³-hybridized carbons (Fsp3) is 0.167. The third kappa shape index (κ3) is 6.57. The second-order valence-electron chi connectivity index (χ2n) is 7.26. The van der Waals surface area contributed by atoms with Crippen molar-refractivity contribution >= 4 is 39.2 Å². The van der Waals surface area contributed by atoms with Crippen molar-refractivity contribution in [2.45, 2.75) is 18.4 Å². The van der Waals surface area contributed by atoms with E-state index >= 15 is 0 Å². The molecule has 0 saturated carbocycles. The van der Waals surface area contributed by atoms with Gasteiger partial charge in [0, 0.05) is 17.6 Å². The van der Waals surface area contributed by atoms with Gasteiger partial charge in [0.1, 0.15) is 5.75 Å². The van der Waals surface area contributed by atoms with Crippen molar-refractivity contribution in [1.82, 2.24) is 4.72 Å². The molecule has 0 fully saturated rings. The van der Waals surface area contributed by atoms with Crippen LogP contribution in [0.3, 0.4) is 0 Å². The molecule has 0 aliphatic rings. The van der Waals surface area contributed by atoms with Crippen LogP contribution in [-0.4, -0.2) is 34.0 Å². The summed E-state index contributed by atoms with van der Waals surface area (Å²) < 4.78 is 38.0. The first-order valence-electron chi connectivity index (χ1n) is 10.1. The summed E-state index contributed by atoms with van der Waals surface area (Å²) in [6, 6.07) is 17.6. The van der Waals surface area contributed by atoms with Crippen molar-refractivity contribution < 1.29 is 27.5 Å². The molecule has 34 heavy (non-hydrogen) atoms. The first kappa shape index (κ1) is 25.2. The number of halogens is 1. The minimum Gasteiger partial charge on any atom is -0.495 e. The fourth-order valence-electron chi connectivity index (χ4n) is 2.98. The van der Waals surface area contributed by atoms with Crippen molar-refractivity contribution in [2.75, 3.05) is 19.0 Å². The molecule has 0 saturated heterocycles. The molecule has 0 aliphatic carbocycles. The SMILES string of the molecule is COc1cc(Cl)c(C)cc1NC(=O)COC(=O)c1cccc(S(=O)(=O)NCc2ccccc2)c1. The Morgan fingerprint density at radius 2 is 1.74 bits per heavy atom. The molecule has 178 valence electrons. The van der Waals surface area contributed by atoms with Gasteiger partial charge in [-0.2, -0.15) is 0 Å². The highest BCUT2D eigenvalue weighted by Crippen LogP contribution is 2.30. The predicted octanol–water partition coefficient (Wildman–Crippen LogP) is 3.93. The second kappa shape index (κ2) is 11.1. The van der Waals surface area contributed by atoms with Crippen molar-refractivity contribution in [3.05, 3.63) is 88.4 Å². The molecule has 0 aromatic heterocycles. The average molecular weight is 503 g/mol. The summed E-state index contributed by atoms with van der Waals surface area (Å²) in [6.07, 6.45) is 0. The molecular weight excluding hydrogens is 480 g/mol. The molecule has 0 radical (unpaired) electrons. The lowest BCUT2D eigenvalue weighted by molar-refractivity contribution is -0.119. The Kier molecular flexibility index (Phi) is 8.27. The van der Waals surface area contributed by atoms with E-state index in [1.165, 1.54) is 31.4 Å². The highest BCUT2D eigenvalue weighted by molar-refractivity contribution is 7.89. The van der Waals surface area contributed by atoms with E-state index in [2.05, 4.69) is 10.0 Å². The highest BCUT2D eigenvalue weighted by atomic mass is 35.5. The van der Waals surface area contributed by atoms with Crippen LogP contribution in [0.15, 0.2) is 71.6 Å². The maximum Gasteiger partial charge on any atom is 0.338 e. The first-order valence-corrected chi connectivity index (χ1v) is 12.0. The van der Waals surface area contributed by atoms with E-state index < -0.39 is 28.5 Å². The van der Waals surface area contributed by atoms with Gasteiger partial charge in [0.25, 0.3) is 5.91 Å². The third-order valence-electron chi connectivity index (χ3n) is 4.78. The summed E-state index contributed by atoms with van der Waals surface area (Å²) in [5, 5.41) is 3.08. The molecule has 0 unspecified atom stereocenters. The van der Waals surface area contributed by atoms with E-state index in [4.69, 9.17) is 21.1 Å². The van der Waals surface area contributed by atoms with Gasteiger partial charge < -0.3 is 14.8 Å². The predicted molar refractivity (Wildman–Crippen MR) is 129 cm³/mol. The highest BCUT2D eigenvalue weighted by Gasteiger charge is 2.18. The number of sulfonamides is 1. The zero-order chi connectivity index (χ0) is 24.7. The minimum atomic E-state index is -3.86. The number of anilines is 1. The van der Waals surface area contributed by atoms with E-state index in [1.807, 2.05) is 6.07 Å². The van der Waals surface area contributed by atoms with Crippen LogP contribution in [-0.2, 0) is 26.1 Å². The number of hydrogen-bond acceptors (Lipinski definition) is 6. The fourth-order valence-corrected chi connectivity index (χ4v) is 4.20. The molecular formula is C24H23ClN2O6S. The number of carbonyl (C=O) groups excluding carboxylic acids is 2. The van der Waals surface area contributed by atoms with Crippen LogP contribution in [0.5, 0.6) is 5.75 Å². The Morgan fingerprint density at radius 1 is 1.00 bits per heavy atom. The summed E-state index contributed by atoms with van der Waals surface area (Å²) in [6.45, 7) is 1.30. The summed E-state index contributed by atoms with van der Waals surface area (Å²) in [5.74, 6) is -1.08. The maximum atomic E-state index is 12.6. The van der Waals surface area contributed by atoms with Crippen LogP contribution >= 0.6 is 11.6 Å². The normalized spacial score (nSPS) is 11.0. The number of ether oxygens (including phenoxy) is 2. The Bertz CT molecular complexity index is 1300. The van der Waals surface area contributed by atoms with E-state index in [-0.39, 0.29) is 17.0 Å². The van der Waals surface area contributed by atoms with Gasteiger partial charge in [-0.05, 0) is 42.3 Å². The van der Waals surface area contributed by atoms with Gasteiger partial charge in [-0.15, -0.1) is 0 Å². The number of aryl methyl sites for hydroxylation is 1. The number of esters is 1. The maximum absolute atomic E-state index is 12.6. The van der Waals surface area contributed by atoms with Crippen LogP contribution in [0.2, 0.25) is 5.02 Å². The zero-order valence-corrected chi connectivity index (χ0v) is 20.1. The number of nitrogens with one attached hydrogen (secondary N) is 2. The van der Waals surface area contributed by atoms with E-state index in [1.54, 1.807) is 43.3 Å². The molecule has 0 atom stereocenters. The minimum absolute atomic E-state index is 0.00435. The Labute approximate surface area is 202 Å². The largest absolute Gasteiger partial charge is 0.495 e. The number of carbonyl (C=O) groups is 2. The molecule has 0 bridgehead atoms. The van der Waals surface area contributed by atoms with Gasteiger partial charge in [-0.3, -0.25) is 4.79 Å². The molecule has 8 nitrogen and oxygen atoms in total. The molecule has 3 aromatic carbocycles. The van der Waals surface area contributed by atoms with Crippen molar-refractivity contribution in [2.24, 2.45) is 0 Å². The molecule has 0 spiro atoms. The van der Waals surface area contributed by atoms with Gasteiger partial charge in [-0.1, -0.05) is 48.0 Å². The van der Waals surface area contributed by atoms with Crippen LogP contribution in [0.1, 0.15) is 21.5 Å². The number of benzene rings is 3. The quantitative estimate of drug-likeness (QED) is 0.429. The number of methoxy groups -OCH3 is 1. The lowest BCUT2D eigenvalue weighted by atomic mass is 10.2. The van der Waals surface area contributed by atoms with Gasteiger partial charge in [0.15, 0.2) is 6.61 Å². The van der Waals surface area contributed by atoms with Crippen LogP contribution in [0.25, 0.3) is 0 Å². The van der Waals surface area contributed by atoms with Gasteiger partial charge >= 0.3 is 5.97 Å². The first-order chi connectivity index (χ1) is 16.2. The van der Waals surface area contributed by atoms with Gasteiger partial charge in [-0.25, -0.2) is 17.9 Å². The van der Waals surface area contributed by atoms with Crippen LogP contribution in [0.4, 0.5) is 5.69 Å².